The van der Waals surface area contributed by atoms with Crippen molar-refractivity contribution in [2.24, 2.45) is 0 Å². The van der Waals surface area contributed by atoms with Crippen LogP contribution >= 0.6 is 11.6 Å². The molecule has 1 aromatic rings. The first-order valence-corrected chi connectivity index (χ1v) is 4.41. The van der Waals surface area contributed by atoms with Crippen molar-refractivity contribution in [3.63, 3.8) is 0 Å². The summed E-state index contributed by atoms with van der Waals surface area (Å²) in [4.78, 5) is 3.94. The Morgan fingerprint density at radius 1 is 1.43 bits per heavy atom. The van der Waals surface area contributed by atoms with Gasteiger partial charge in [0, 0.05) is 5.56 Å². The van der Waals surface area contributed by atoms with Gasteiger partial charge < -0.3 is 0 Å². The number of aromatic nitrogens is 1. The molecule has 0 amide bonds. The van der Waals surface area contributed by atoms with Crippen LogP contribution in [0.3, 0.4) is 0 Å². The van der Waals surface area contributed by atoms with Gasteiger partial charge in [-0.2, -0.15) is 5.26 Å². The van der Waals surface area contributed by atoms with Crippen molar-refractivity contribution in [3.8, 4) is 6.07 Å². The lowest BCUT2D eigenvalue weighted by Crippen LogP contribution is -1.97. The molecule has 0 bridgehead atoms. The van der Waals surface area contributed by atoms with Crippen LogP contribution in [0.15, 0.2) is 12.1 Å². The van der Waals surface area contributed by atoms with Crippen molar-refractivity contribution >= 4 is 11.6 Å². The van der Waals surface area contributed by atoms with E-state index in [1.165, 1.54) is 12.1 Å². The summed E-state index contributed by atoms with van der Waals surface area (Å²) < 4.78 is 24.7. The van der Waals surface area contributed by atoms with E-state index in [0.717, 1.165) is 0 Å². The highest BCUT2D eigenvalue weighted by atomic mass is 35.5. The molecule has 0 saturated heterocycles. The highest BCUT2D eigenvalue weighted by Gasteiger charge is 2.10. The summed E-state index contributed by atoms with van der Waals surface area (Å²) in [7, 11) is 0. The Balaban J connectivity index is 3.08. The zero-order chi connectivity index (χ0) is 10.6. The Bertz CT molecular complexity index is 360. The number of hydrogen-bond acceptors (Lipinski definition) is 2. The van der Waals surface area contributed by atoms with E-state index in [2.05, 4.69) is 4.98 Å². The summed E-state index contributed by atoms with van der Waals surface area (Å²) in [6.07, 6.45) is -2.54. The normalized spacial score (nSPS) is 10.2. The van der Waals surface area contributed by atoms with Crippen LogP contribution in [0, 0.1) is 11.3 Å². The molecule has 0 unspecified atom stereocenters. The first-order chi connectivity index (χ1) is 6.67. The lowest BCUT2D eigenvalue weighted by Gasteiger charge is -2.04. The second-order valence-electron chi connectivity index (χ2n) is 2.65. The maximum Gasteiger partial charge on any atom is 0.263 e. The molecule has 5 heteroatoms. The molecule has 0 fully saturated rings. The SMILES string of the molecule is N#CCc1cc(C(F)F)cc(CCl)n1. The number of alkyl halides is 3. The average Bonchev–Trinajstić information content (AvgIpc) is 2.17. The Kier molecular flexibility index (Phi) is 3.78. The van der Waals surface area contributed by atoms with E-state index < -0.39 is 6.43 Å². The lowest BCUT2D eigenvalue weighted by atomic mass is 10.2. The van der Waals surface area contributed by atoms with Crippen molar-refractivity contribution in [2.75, 3.05) is 0 Å². The molecule has 0 atom stereocenters. The third-order valence-electron chi connectivity index (χ3n) is 1.60. The summed E-state index contributed by atoms with van der Waals surface area (Å²) in [5.74, 6) is 0.0684. The van der Waals surface area contributed by atoms with Gasteiger partial charge in [0.25, 0.3) is 6.43 Å². The number of nitriles is 1. The molecule has 1 heterocycles. The van der Waals surface area contributed by atoms with Crippen molar-refractivity contribution < 1.29 is 8.78 Å². The molecule has 0 aliphatic heterocycles. The second kappa shape index (κ2) is 4.87. The van der Waals surface area contributed by atoms with Gasteiger partial charge in [-0.25, -0.2) is 8.78 Å². The largest absolute Gasteiger partial charge is 0.263 e. The smallest absolute Gasteiger partial charge is 0.255 e. The van der Waals surface area contributed by atoms with E-state index >= 15 is 0 Å². The average molecular weight is 217 g/mol. The number of hydrogen-bond donors (Lipinski definition) is 0. The van der Waals surface area contributed by atoms with Crippen molar-refractivity contribution in [2.45, 2.75) is 18.7 Å². The van der Waals surface area contributed by atoms with Gasteiger partial charge in [0.2, 0.25) is 0 Å². The molecule has 0 saturated carbocycles. The Morgan fingerprint density at radius 2 is 2.07 bits per heavy atom. The third kappa shape index (κ3) is 2.64. The Hall–Kier alpha value is -1.21. The molecular formula is C9H7ClF2N2. The van der Waals surface area contributed by atoms with Crippen molar-refractivity contribution in [1.29, 1.82) is 5.26 Å². The van der Waals surface area contributed by atoms with Crippen LogP contribution in [0.2, 0.25) is 0 Å². The van der Waals surface area contributed by atoms with Crippen LogP contribution in [-0.2, 0) is 12.3 Å². The van der Waals surface area contributed by atoms with Gasteiger partial charge in [0.05, 0.1) is 29.8 Å². The fourth-order valence-corrected chi connectivity index (χ4v) is 1.18. The van der Waals surface area contributed by atoms with Gasteiger partial charge in [-0.15, -0.1) is 11.6 Å². The van der Waals surface area contributed by atoms with Gasteiger partial charge in [-0.05, 0) is 12.1 Å². The molecule has 14 heavy (non-hydrogen) atoms. The first-order valence-electron chi connectivity index (χ1n) is 3.88. The minimum Gasteiger partial charge on any atom is -0.255 e. The quantitative estimate of drug-likeness (QED) is 0.729. The molecule has 2 nitrogen and oxygen atoms in total. The molecule has 0 N–H and O–H groups in total. The molecule has 0 aromatic carbocycles. The van der Waals surface area contributed by atoms with E-state index in [1.807, 2.05) is 6.07 Å². The number of nitrogens with zero attached hydrogens (tertiary/aromatic N) is 2. The van der Waals surface area contributed by atoms with Crippen LogP contribution in [0.4, 0.5) is 8.78 Å². The van der Waals surface area contributed by atoms with Crippen LogP contribution in [0.5, 0.6) is 0 Å². The van der Waals surface area contributed by atoms with E-state index in [-0.39, 0.29) is 17.9 Å². The molecular weight excluding hydrogens is 210 g/mol. The topological polar surface area (TPSA) is 36.7 Å². The third-order valence-corrected chi connectivity index (χ3v) is 1.88. The van der Waals surface area contributed by atoms with Crippen molar-refractivity contribution in [3.05, 3.63) is 29.1 Å². The van der Waals surface area contributed by atoms with Crippen LogP contribution in [0.1, 0.15) is 23.4 Å². The molecule has 74 valence electrons. The minimum absolute atomic E-state index is 0.0183. The lowest BCUT2D eigenvalue weighted by molar-refractivity contribution is 0.151. The second-order valence-corrected chi connectivity index (χ2v) is 2.92. The summed E-state index contributed by atoms with van der Waals surface area (Å²) in [6.45, 7) is 0. The van der Waals surface area contributed by atoms with Crippen LogP contribution in [-0.4, -0.2) is 4.98 Å². The molecule has 1 aromatic heterocycles. The van der Waals surface area contributed by atoms with Crippen molar-refractivity contribution in [1.82, 2.24) is 4.98 Å². The van der Waals surface area contributed by atoms with Gasteiger partial charge in [-0.3, -0.25) is 4.98 Å². The van der Waals surface area contributed by atoms with E-state index in [1.54, 1.807) is 0 Å². The summed E-state index contributed by atoms with van der Waals surface area (Å²) >= 11 is 5.49. The zero-order valence-electron chi connectivity index (χ0n) is 7.17. The van der Waals surface area contributed by atoms with Crippen LogP contribution in [0.25, 0.3) is 0 Å². The summed E-state index contributed by atoms with van der Waals surface area (Å²) in [5, 5.41) is 8.40. The molecule has 0 aliphatic rings. The maximum absolute atomic E-state index is 12.3. The molecule has 0 spiro atoms. The highest BCUT2D eigenvalue weighted by molar-refractivity contribution is 6.16. The Labute approximate surface area is 85.1 Å². The minimum atomic E-state index is -2.56. The fraction of sp³-hybridized carbons (Fsp3) is 0.333. The molecule has 0 radical (unpaired) electrons. The first kappa shape index (κ1) is 10.9. The number of halogens is 3. The van der Waals surface area contributed by atoms with Gasteiger partial charge >= 0.3 is 0 Å². The Morgan fingerprint density at radius 3 is 2.57 bits per heavy atom. The zero-order valence-corrected chi connectivity index (χ0v) is 7.93. The van der Waals surface area contributed by atoms with Gasteiger partial charge in [0.15, 0.2) is 0 Å². The van der Waals surface area contributed by atoms with E-state index in [9.17, 15) is 8.78 Å². The summed E-state index contributed by atoms with van der Waals surface area (Å²) in [5.41, 5.74) is 0.566. The van der Waals surface area contributed by atoms with Crippen LogP contribution < -0.4 is 0 Å². The molecule has 0 aliphatic carbocycles. The number of rotatable bonds is 3. The monoisotopic (exact) mass is 216 g/mol. The molecule has 1 rings (SSSR count). The van der Waals surface area contributed by atoms with Gasteiger partial charge in [0.1, 0.15) is 0 Å². The van der Waals surface area contributed by atoms with Gasteiger partial charge in [-0.1, -0.05) is 0 Å². The predicted octanol–water partition coefficient (Wildman–Crippen LogP) is 2.82. The maximum atomic E-state index is 12.3. The predicted molar refractivity (Wildman–Crippen MR) is 48.1 cm³/mol. The van der Waals surface area contributed by atoms with E-state index in [0.29, 0.717) is 11.4 Å². The summed E-state index contributed by atoms with van der Waals surface area (Å²) in [6, 6.07) is 4.33. The fourth-order valence-electron chi connectivity index (χ4n) is 1.04. The van der Waals surface area contributed by atoms with E-state index in [4.69, 9.17) is 16.9 Å². The standard InChI is InChI=1S/C9H7ClF2N2/c10-5-8-4-6(9(11)12)3-7(14-8)1-2-13/h3-4,9H,1,5H2. The number of pyridine rings is 1. The highest BCUT2D eigenvalue weighted by Crippen LogP contribution is 2.20.